The average molecular weight is 522 g/mol. The second-order valence-electron chi connectivity index (χ2n) is 0. The van der Waals surface area contributed by atoms with Crippen molar-refractivity contribution in [1.29, 1.82) is 0 Å². The number of hydrogen-bond donors (Lipinski definition) is 0. The first kappa shape index (κ1) is 15.7. The van der Waals surface area contributed by atoms with Crippen LogP contribution in [0.1, 0.15) is 0 Å². The molecule has 0 spiro atoms. The molecule has 4 heavy (non-hydrogen) atoms. The molecule has 0 fully saturated rings. The van der Waals surface area contributed by atoms with Gasteiger partial charge in [0.1, 0.15) is 0 Å². The zero-order valence-electron chi connectivity index (χ0n) is 1.33. The van der Waals surface area contributed by atoms with Crippen LogP contribution in [0.3, 0.4) is 0 Å². The summed E-state index contributed by atoms with van der Waals surface area (Å²) in [6.07, 6.45) is 4.64. The first-order chi connectivity index (χ1) is 1.00. The van der Waals surface area contributed by atoms with Crippen molar-refractivity contribution in [3.05, 3.63) is 0 Å². The molecule has 0 aliphatic heterocycles. The monoisotopic (exact) mass is 523 g/mol. The van der Waals surface area contributed by atoms with Crippen molar-refractivity contribution in [2.45, 2.75) is 0 Å². The molecule has 0 aliphatic rings. The van der Waals surface area contributed by atoms with Crippen molar-refractivity contribution >= 4 is 6.22 Å². The maximum Gasteiger partial charge on any atom is 0 e. The maximum atomic E-state index is 4.64. The van der Waals surface area contributed by atoms with Crippen molar-refractivity contribution < 1.29 is 111 Å². The molecule has 0 aliphatic carbocycles. The molecule has 0 rings (SSSR count). The van der Waals surface area contributed by atoms with Gasteiger partial charge in [-0.15, -0.1) is 0 Å². The average Bonchev–Trinajstić information content (AvgIpc) is 1.00. The molecule has 0 N–H and O–H groups in total. The van der Waals surface area contributed by atoms with Crippen molar-refractivity contribution in [3.63, 3.8) is 0 Å². The molecule has 0 unspecified atom stereocenters. The van der Waals surface area contributed by atoms with Gasteiger partial charge in [0.05, 0.1) is 0 Å². The predicted molar refractivity (Wildman–Crippen MR) is 5.85 cm³/mol. The zero-order valence-corrected chi connectivity index (χ0v) is 8.19. The Bertz CT molecular complexity index is 8.00. The summed E-state index contributed by atoms with van der Waals surface area (Å²) in [5.41, 5.74) is 0. The van der Waals surface area contributed by atoms with Crippen LogP contribution < -0.4 is 0 Å². The smallest absolute Gasteiger partial charge is 0 e. The van der Waals surface area contributed by atoms with Crippen LogP contribution in [-0.2, 0) is 0 Å². The van der Waals surface area contributed by atoms with E-state index < -0.39 is 0 Å². The molecule has 0 heterocycles. The fourth-order valence-corrected chi connectivity index (χ4v) is 0. The van der Waals surface area contributed by atoms with Crippen LogP contribution in [0, 0.1) is 111 Å². The Hall–Kier alpha value is 4.11. The first-order valence-electron chi connectivity index (χ1n) is 0.126. The number of hydrogen-bond acceptors (Lipinski definition) is 0. The van der Waals surface area contributed by atoms with Gasteiger partial charge in [-0.2, -0.15) is 0 Å². The van der Waals surface area contributed by atoms with E-state index >= 15 is 0 Å². The van der Waals surface area contributed by atoms with Crippen molar-refractivity contribution in [2.75, 3.05) is 0 Å². The van der Waals surface area contributed by atoms with Gasteiger partial charge in [-0.25, -0.2) is 0 Å². The van der Waals surface area contributed by atoms with Crippen LogP contribution in [0.25, 0.3) is 0 Å². The SMILES string of the molecule is [Cl][Tb].[Dy].[Ho]. The molecular formula is ClDyHoTb. The molecule has 4 heteroatoms. The topological polar surface area (TPSA) is 0 Å². The van der Waals surface area contributed by atoms with Gasteiger partial charge < -0.3 is 0 Å². The molecule has 37 valence electrons. The normalized spacial score (nSPS) is 1.75. The molecule has 0 saturated heterocycles. The number of rotatable bonds is 0. The van der Waals surface area contributed by atoms with Crippen molar-refractivity contribution in [1.82, 2.24) is 0 Å². The molecule has 0 aromatic rings. The Morgan fingerprint density at radius 3 is 1.25 bits per heavy atom. The third-order valence-electron chi connectivity index (χ3n) is 0. The Labute approximate surface area is 113 Å². The molecule has 0 saturated carbocycles. The standard InChI is InChI=1S/ClH.Dy.Ho.Tb/h1H;;;/q;;;+1/p-1. The molecule has 0 amide bonds. The van der Waals surface area contributed by atoms with Gasteiger partial charge in [0, 0.05) is 75.9 Å². The summed E-state index contributed by atoms with van der Waals surface area (Å²) in [5.74, 6) is 0. The van der Waals surface area contributed by atoms with E-state index in [9.17, 15) is 0 Å². The van der Waals surface area contributed by atoms with Gasteiger partial charge in [0.25, 0.3) is 0 Å². The van der Waals surface area contributed by atoms with E-state index in [-0.39, 0.29) is 75.9 Å². The largest absolute Gasteiger partial charge is 0 e. The van der Waals surface area contributed by atoms with Gasteiger partial charge in [-0.1, -0.05) is 0 Å². The second kappa shape index (κ2) is 15.7. The van der Waals surface area contributed by atoms with Gasteiger partial charge in [0.2, 0.25) is 0 Å². The van der Waals surface area contributed by atoms with Crippen LogP contribution in [0.4, 0.5) is 0 Å². The Kier molecular flexibility index (Phi) is 61.7. The summed E-state index contributed by atoms with van der Waals surface area (Å²) in [6.45, 7) is 0. The summed E-state index contributed by atoms with van der Waals surface area (Å²) < 4.78 is 0. The van der Waals surface area contributed by atoms with E-state index in [1.165, 1.54) is 35.1 Å². The summed E-state index contributed by atoms with van der Waals surface area (Å²) in [5, 5.41) is 0. The van der Waals surface area contributed by atoms with E-state index in [0.717, 1.165) is 0 Å². The molecular weight excluding hydrogens is 522 g/mol. The molecule has 0 bridgehead atoms. The minimum Gasteiger partial charge on any atom is 0 e. The fourth-order valence-electron chi connectivity index (χ4n) is 0. The Balaban J connectivity index is -0.00000000500. The van der Waals surface area contributed by atoms with E-state index in [0.29, 0.717) is 0 Å². The Morgan fingerprint density at radius 2 is 1.25 bits per heavy atom. The minimum absolute atomic E-state index is 0. The predicted octanol–water partition coefficient (Wildman–Crippen LogP) is 0.690. The third kappa shape index (κ3) is 9.44. The summed E-state index contributed by atoms with van der Waals surface area (Å²) in [6, 6.07) is 0. The minimum atomic E-state index is 0. The summed E-state index contributed by atoms with van der Waals surface area (Å²) >= 11 is 1.47. The second-order valence-corrected chi connectivity index (χ2v) is 0. The maximum absolute atomic E-state index is 4.64. The van der Waals surface area contributed by atoms with Crippen LogP contribution in [0.15, 0.2) is 0 Å². The zero-order chi connectivity index (χ0) is 2.00. The van der Waals surface area contributed by atoms with Crippen molar-refractivity contribution in [3.8, 4) is 0 Å². The van der Waals surface area contributed by atoms with Crippen LogP contribution in [-0.4, -0.2) is 0 Å². The van der Waals surface area contributed by atoms with E-state index in [4.69, 9.17) is 0 Å². The van der Waals surface area contributed by atoms with E-state index in [1.807, 2.05) is 0 Å². The molecule has 0 aromatic heterocycles. The quantitative estimate of drug-likeness (QED) is 0.412. The van der Waals surface area contributed by atoms with E-state index in [1.54, 1.807) is 0 Å². The van der Waals surface area contributed by atoms with E-state index in [2.05, 4.69) is 6.22 Å². The molecule has 0 atom stereocenters. The van der Waals surface area contributed by atoms with Gasteiger partial charge >= 0.3 is 41.3 Å². The van der Waals surface area contributed by atoms with Gasteiger partial charge in [-0.05, 0) is 0 Å². The third-order valence-corrected chi connectivity index (χ3v) is 0. The van der Waals surface area contributed by atoms with Crippen LogP contribution in [0.5, 0.6) is 0 Å². The van der Waals surface area contributed by atoms with Gasteiger partial charge in [0.15, 0.2) is 0 Å². The Morgan fingerprint density at radius 1 is 1.25 bits per heavy atom. The molecule has 0 aromatic carbocycles. The molecule has 1 radical (unpaired) electrons. The summed E-state index contributed by atoms with van der Waals surface area (Å²) in [4.78, 5) is 0. The fraction of sp³-hybridized carbons (Fsp3) is 0. The van der Waals surface area contributed by atoms with Crippen molar-refractivity contribution in [2.24, 2.45) is 0 Å². The molecule has 0 nitrogen and oxygen atoms in total. The number of halogens is 1. The van der Waals surface area contributed by atoms with Crippen LogP contribution in [0.2, 0.25) is 0 Å². The summed E-state index contributed by atoms with van der Waals surface area (Å²) in [7, 11) is 0. The van der Waals surface area contributed by atoms with Gasteiger partial charge in [-0.3, -0.25) is 0 Å². The first-order valence-corrected chi connectivity index (χ1v) is 2.80. The van der Waals surface area contributed by atoms with Crippen LogP contribution >= 0.6 is 6.22 Å².